The first-order chi connectivity index (χ1) is 15.8. The van der Waals surface area contributed by atoms with Crippen LogP contribution in [0.5, 0.6) is 0 Å². The van der Waals surface area contributed by atoms with Crippen LogP contribution in [-0.2, 0) is 26.6 Å². The molecule has 9 nitrogen and oxygen atoms in total. The lowest BCUT2D eigenvalue weighted by Gasteiger charge is -2.30. The summed E-state index contributed by atoms with van der Waals surface area (Å²) in [5.74, 6) is -0.598. The van der Waals surface area contributed by atoms with Crippen LogP contribution in [0.15, 0.2) is 17.2 Å². The molecule has 2 aliphatic rings. The number of esters is 1. The van der Waals surface area contributed by atoms with Gasteiger partial charge < -0.3 is 14.2 Å². The number of piperidine rings is 1. The number of aromatic nitrogens is 1. The van der Waals surface area contributed by atoms with E-state index in [4.69, 9.17) is 4.74 Å². The van der Waals surface area contributed by atoms with E-state index in [0.717, 1.165) is 45.2 Å². The maximum atomic E-state index is 13.6. The molecule has 2 fully saturated rings. The second-order valence-corrected chi connectivity index (χ2v) is 10.8. The lowest BCUT2D eigenvalue weighted by Crippen LogP contribution is -2.44. The first-order valence-corrected chi connectivity index (χ1v) is 13.6. The monoisotopic (exact) mass is 482 g/mol. The van der Waals surface area contributed by atoms with Gasteiger partial charge in [0.1, 0.15) is 10.6 Å². The van der Waals surface area contributed by atoms with E-state index in [1.54, 1.807) is 23.4 Å². The molecule has 0 bridgehead atoms. The van der Waals surface area contributed by atoms with E-state index in [-0.39, 0.29) is 35.8 Å². The quantitative estimate of drug-likeness (QED) is 0.474. The molecule has 0 aliphatic carbocycles. The summed E-state index contributed by atoms with van der Waals surface area (Å²) >= 11 is 0. The van der Waals surface area contributed by atoms with Crippen molar-refractivity contribution in [2.24, 2.45) is 7.05 Å². The summed E-state index contributed by atoms with van der Waals surface area (Å²) in [4.78, 5) is 29.7. The van der Waals surface area contributed by atoms with Crippen LogP contribution in [-0.4, -0.2) is 90.9 Å². The van der Waals surface area contributed by atoms with Crippen molar-refractivity contribution in [3.63, 3.8) is 0 Å². The molecule has 1 aromatic heterocycles. The van der Waals surface area contributed by atoms with Crippen LogP contribution in [0.4, 0.5) is 0 Å². The van der Waals surface area contributed by atoms with Gasteiger partial charge in [-0.3, -0.25) is 14.5 Å². The number of carbonyl (C=O) groups is 2. The smallest absolute Gasteiger partial charge is 0.307 e. The summed E-state index contributed by atoms with van der Waals surface area (Å²) in [6.07, 6.45) is 6.47. The predicted octanol–water partition coefficient (Wildman–Crippen LogP) is 2.08. The lowest BCUT2D eigenvalue weighted by molar-refractivity contribution is -0.143. The molecule has 0 N–H and O–H groups in total. The van der Waals surface area contributed by atoms with E-state index in [1.165, 1.54) is 16.6 Å². The minimum Gasteiger partial charge on any atom is -0.466 e. The van der Waals surface area contributed by atoms with Crippen molar-refractivity contribution in [1.29, 1.82) is 0 Å². The van der Waals surface area contributed by atoms with Gasteiger partial charge in [0.25, 0.3) is 5.91 Å². The van der Waals surface area contributed by atoms with Gasteiger partial charge >= 0.3 is 5.97 Å². The number of aryl methyl sites for hydroxylation is 1. The number of sulfonamides is 1. The Kier molecular flexibility index (Phi) is 8.95. The first-order valence-electron chi connectivity index (χ1n) is 12.1. The fraction of sp³-hybridized carbons (Fsp3) is 0.739. The van der Waals surface area contributed by atoms with Crippen molar-refractivity contribution in [3.05, 3.63) is 18.0 Å². The van der Waals surface area contributed by atoms with Crippen LogP contribution in [0.2, 0.25) is 0 Å². The minimum atomic E-state index is -3.63. The van der Waals surface area contributed by atoms with Crippen molar-refractivity contribution in [1.82, 2.24) is 18.7 Å². The number of amides is 1. The molecule has 2 aliphatic heterocycles. The summed E-state index contributed by atoms with van der Waals surface area (Å²) in [5.41, 5.74) is 0.315. The molecule has 3 rings (SSSR count). The molecule has 0 aromatic carbocycles. The Hall–Kier alpha value is -1.91. The summed E-state index contributed by atoms with van der Waals surface area (Å²) in [5, 5.41) is 0. The normalized spacial score (nSPS) is 20.2. The summed E-state index contributed by atoms with van der Waals surface area (Å²) in [6.45, 7) is 7.85. The fourth-order valence-corrected chi connectivity index (χ4v) is 6.40. The molecule has 3 heterocycles. The Morgan fingerprint density at radius 2 is 1.85 bits per heavy atom. The number of nitrogens with zero attached hydrogens (tertiary/aromatic N) is 4. The zero-order chi connectivity index (χ0) is 24.0. The molecule has 2 saturated heterocycles. The van der Waals surface area contributed by atoms with Gasteiger partial charge in [0.15, 0.2) is 0 Å². The third-order valence-corrected chi connectivity index (χ3v) is 8.53. The van der Waals surface area contributed by atoms with Gasteiger partial charge in [-0.15, -0.1) is 0 Å². The molecule has 0 saturated carbocycles. The molecule has 33 heavy (non-hydrogen) atoms. The largest absolute Gasteiger partial charge is 0.466 e. The molecule has 0 radical (unpaired) electrons. The van der Waals surface area contributed by atoms with E-state index >= 15 is 0 Å². The third-order valence-electron chi connectivity index (χ3n) is 6.67. The molecule has 10 heteroatoms. The number of likely N-dealkylation sites (N-methyl/N-ethyl adjacent to an activating group) is 1. The summed E-state index contributed by atoms with van der Waals surface area (Å²) in [6, 6.07) is 1.72. The van der Waals surface area contributed by atoms with Crippen LogP contribution in [0, 0.1) is 0 Å². The van der Waals surface area contributed by atoms with E-state index in [9.17, 15) is 18.0 Å². The molecule has 1 amide bonds. The van der Waals surface area contributed by atoms with Crippen molar-refractivity contribution in [2.45, 2.75) is 63.3 Å². The Morgan fingerprint density at radius 1 is 1.12 bits per heavy atom. The highest BCUT2D eigenvalue weighted by atomic mass is 32.2. The number of hydrogen-bond donors (Lipinski definition) is 0. The predicted molar refractivity (Wildman–Crippen MR) is 125 cm³/mol. The lowest BCUT2D eigenvalue weighted by atomic mass is 10.2. The number of rotatable bonds is 10. The average molecular weight is 483 g/mol. The Balaban J connectivity index is 1.81. The second kappa shape index (κ2) is 11.5. The first kappa shape index (κ1) is 25.7. The van der Waals surface area contributed by atoms with Crippen molar-refractivity contribution < 1.29 is 22.7 Å². The molecular formula is C23H38N4O5S. The van der Waals surface area contributed by atoms with Crippen LogP contribution in [0.1, 0.15) is 62.9 Å². The van der Waals surface area contributed by atoms with E-state index in [2.05, 4.69) is 11.8 Å². The Labute approximate surface area is 197 Å². The highest BCUT2D eigenvalue weighted by molar-refractivity contribution is 7.89. The molecule has 1 unspecified atom stereocenters. The van der Waals surface area contributed by atoms with Gasteiger partial charge in [-0.2, -0.15) is 4.31 Å². The van der Waals surface area contributed by atoms with Crippen molar-refractivity contribution >= 4 is 21.9 Å². The van der Waals surface area contributed by atoms with Crippen LogP contribution in [0.3, 0.4) is 0 Å². The zero-order valence-electron chi connectivity index (χ0n) is 20.2. The molecule has 0 spiro atoms. The number of likely N-dealkylation sites (tertiary alicyclic amines) is 1. The van der Waals surface area contributed by atoms with E-state index in [0.29, 0.717) is 31.9 Å². The Morgan fingerprint density at radius 3 is 2.52 bits per heavy atom. The zero-order valence-corrected chi connectivity index (χ0v) is 21.0. The van der Waals surface area contributed by atoms with Crippen LogP contribution in [0.25, 0.3) is 0 Å². The maximum Gasteiger partial charge on any atom is 0.307 e. The van der Waals surface area contributed by atoms with E-state index in [1.807, 2.05) is 0 Å². The van der Waals surface area contributed by atoms with Gasteiger partial charge in [-0.25, -0.2) is 8.42 Å². The van der Waals surface area contributed by atoms with Gasteiger partial charge in [0, 0.05) is 45.5 Å². The van der Waals surface area contributed by atoms with Gasteiger partial charge in [-0.1, -0.05) is 13.3 Å². The highest BCUT2D eigenvalue weighted by Gasteiger charge is 2.32. The molecule has 1 atom stereocenters. The van der Waals surface area contributed by atoms with Gasteiger partial charge in [0.2, 0.25) is 10.0 Å². The molecule has 1 aromatic rings. The van der Waals surface area contributed by atoms with Crippen LogP contribution >= 0.6 is 0 Å². The summed E-state index contributed by atoms with van der Waals surface area (Å²) in [7, 11) is -1.94. The minimum absolute atomic E-state index is 0.113. The molecule has 186 valence electrons. The average Bonchev–Trinajstić information content (AvgIpc) is 3.43. The number of carbonyl (C=O) groups excluding carboxylic acids is 2. The second-order valence-electron chi connectivity index (χ2n) is 8.87. The SMILES string of the molecule is CCOC(=O)CCN(CC1CCCN1CC)C(=O)c1cc(S(=O)(=O)N2CCCCC2)cn1C. The van der Waals surface area contributed by atoms with Gasteiger partial charge in [-0.05, 0) is 51.8 Å². The van der Waals surface area contributed by atoms with Gasteiger partial charge in [0.05, 0.1) is 13.0 Å². The number of ether oxygens (including phenoxy) is 1. The number of hydrogen-bond acceptors (Lipinski definition) is 6. The third kappa shape index (κ3) is 6.16. The topological polar surface area (TPSA) is 92.2 Å². The molecular weight excluding hydrogens is 444 g/mol. The maximum absolute atomic E-state index is 13.6. The van der Waals surface area contributed by atoms with Crippen LogP contribution < -0.4 is 0 Å². The summed E-state index contributed by atoms with van der Waals surface area (Å²) < 4.78 is 34.4. The van der Waals surface area contributed by atoms with Crippen molar-refractivity contribution in [3.8, 4) is 0 Å². The highest BCUT2D eigenvalue weighted by Crippen LogP contribution is 2.24. The fourth-order valence-electron chi connectivity index (χ4n) is 4.81. The van der Waals surface area contributed by atoms with E-state index < -0.39 is 10.0 Å². The standard InChI is InChI=1S/C23H38N4O5S/c1-4-25-12-9-10-19(25)17-26(15-11-22(28)32-5-2)23(29)21-16-20(18-24(21)3)33(30,31)27-13-7-6-8-14-27/h16,18-19H,4-15,17H2,1-3H3. The van der Waals surface area contributed by atoms with Crippen molar-refractivity contribution in [2.75, 3.05) is 45.9 Å². The Bertz CT molecular complexity index is 923.